The van der Waals surface area contributed by atoms with Crippen molar-refractivity contribution in [1.29, 1.82) is 0 Å². The minimum Gasteiger partial charge on any atom is -0.335 e. The molecule has 0 bridgehead atoms. The van der Waals surface area contributed by atoms with Gasteiger partial charge in [0.25, 0.3) is 5.01 Å². The van der Waals surface area contributed by atoms with Crippen molar-refractivity contribution in [3.63, 3.8) is 0 Å². The molecule has 1 aromatic heterocycles. The van der Waals surface area contributed by atoms with Crippen LogP contribution in [-0.2, 0) is 6.54 Å². The second-order valence-electron chi connectivity index (χ2n) is 8.32. The number of allylic oxidation sites excluding steroid dienone is 3. The van der Waals surface area contributed by atoms with Gasteiger partial charge in [0, 0.05) is 29.5 Å². The molecule has 4 heterocycles. The highest BCUT2D eigenvalue weighted by Crippen LogP contribution is 2.54. The summed E-state index contributed by atoms with van der Waals surface area (Å²) in [4.78, 5) is 4.00. The molecular weight excluding hydrogens is 380 g/mol. The average Bonchev–Trinajstić information content (AvgIpc) is 3.31. The number of rotatable bonds is 0. The van der Waals surface area contributed by atoms with E-state index >= 15 is 0 Å². The number of thioether (sulfide) groups is 1. The molecule has 0 saturated heterocycles. The second kappa shape index (κ2) is 5.74. The normalized spacial score (nSPS) is 25.0. The van der Waals surface area contributed by atoms with Crippen molar-refractivity contribution in [3.05, 3.63) is 70.2 Å². The number of nitrogens with zero attached hydrogens (tertiary/aromatic N) is 2. The van der Waals surface area contributed by atoms with Crippen molar-refractivity contribution in [2.24, 2.45) is 11.8 Å². The SMILES string of the molecule is C1=C2c3sc4ccccc4[n+]3CCC2CC2CCN3C(=C12)Sc1ccccc13. The minimum absolute atomic E-state index is 0.739. The molecule has 2 aromatic carbocycles. The smallest absolute Gasteiger partial charge is 0.266 e. The molecule has 2 nitrogen and oxygen atoms in total. The Labute approximate surface area is 173 Å². The van der Waals surface area contributed by atoms with Crippen LogP contribution in [0.15, 0.2) is 70.1 Å². The van der Waals surface area contributed by atoms with E-state index in [9.17, 15) is 0 Å². The van der Waals surface area contributed by atoms with Crippen molar-refractivity contribution in [3.8, 4) is 0 Å². The summed E-state index contributed by atoms with van der Waals surface area (Å²) in [5.74, 6) is 1.48. The molecule has 2 atom stereocenters. The third-order valence-electron chi connectivity index (χ3n) is 6.87. The Morgan fingerprint density at radius 3 is 2.86 bits per heavy atom. The van der Waals surface area contributed by atoms with E-state index in [1.54, 1.807) is 11.1 Å². The predicted molar refractivity (Wildman–Crippen MR) is 117 cm³/mol. The molecule has 0 saturated carbocycles. The summed E-state index contributed by atoms with van der Waals surface area (Å²) in [7, 11) is 0. The van der Waals surface area contributed by atoms with Gasteiger partial charge in [0.1, 0.15) is 4.70 Å². The van der Waals surface area contributed by atoms with Crippen LogP contribution in [0.5, 0.6) is 0 Å². The van der Waals surface area contributed by atoms with Crippen LogP contribution in [0, 0.1) is 11.8 Å². The summed E-state index contributed by atoms with van der Waals surface area (Å²) in [6, 6.07) is 17.8. The van der Waals surface area contributed by atoms with Crippen LogP contribution < -0.4 is 9.47 Å². The van der Waals surface area contributed by atoms with Gasteiger partial charge in [-0.2, -0.15) is 4.57 Å². The van der Waals surface area contributed by atoms with Crippen molar-refractivity contribution in [2.45, 2.75) is 30.7 Å². The molecule has 4 heteroatoms. The number of aromatic nitrogens is 1. The van der Waals surface area contributed by atoms with E-state index in [-0.39, 0.29) is 0 Å². The lowest BCUT2D eigenvalue weighted by Gasteiger charge is -2.38. The van der Waals surface area contributed by atoms with E-state index in [1.807, 2.05) is 23.1 Å². The standard InChI is InChI=1S/C24H21N2S2/c1-3-7-21-19(5-1)25-11-9-15-13-16-10-12-26-20-6-2-4-8-22(20)28-24(26)18(16)14-17(15)23(25)27-21/h1-8,14-16H,9-13H2/q+1. The predicted octanol–water partition coefficient (Wildman–Crippen LogP) is 5.84. The first kappa shape index (κ1) is 15.8. The second-order valence-corrected chi connectivity index (χ2v) is 10.4. The number of hydrogen-bond acceptors (Lipinski definition) is 3. The molecule has 28 heavy (non-hydrogen) atoms. The fourth-order valence-corrected chi connectivity index (χ4v) is 8.10. The monoisotopic (exact) mass is 401 g/mol. The summed E-state index contributed by atoms with van der Waals surface area (Å²) >= 11 is 3.98. The van der Waals surface area contributed by atoms with Crippen molar-refractivity contribution >= 4 is 44.6 Å². The Hall–Kier alpha value is -2.04. The Kier molecular flexibility index (Phi) is 3.25. The van der Waals surface area contributed by atoms with Gasteiger partial charge < -0.3 is 4.90 Å². The van der Waals surface area contributed by atoms with Gasteiger partial charge >= 0.3 is 0 Å². The third-order valence-corrected chi connectivity index (χ3v) is 9.30. The Bertz CT molecular complexity index is 1200. The number of aryl methyl sites for hydroxylation is 1. The van der Waals surface area contributed by atoms with E-state index in [4.69, 9.17) is 0 Å². The molecule has 3 aliphatic heterocycles. The van der Waals surface area contributed by atoms with Crippen LogP contribution in [0.2, 0.25) is 0 Å². The number of thiazole rings is 1. The van der Waals surface area contributed by atoms with Crippen molar-refractivity contribution in [2.75, 3.05) is 11.4 Å². The van der Waals surface area contributed by atoms with E-state index in [2.05, 4.69) is 64.1 Å². The zero-order chi connectivity index (χ0) is 18.2. The van der Waals surface area contributed by atoms with Gasteiger partial charge in [0.05, 0.1) is 10.7 Å². The Morgan fingerprint density at radius 2 is 1.86 bits per heavy atom. The van der Waals surface area contributed by atoms with Gasteiger partial charge in [-0.1, -0.05) is 47.4 Å². The van der Waals surface area contributed by atoms with E-state index in [0.717, 1.165) is 11.8 Å². The molecule has 0 radical (unpaired) electrons. The lowest BCUT2D eigenvalue weighted by Crippen LogP contribution is -2.43. The molecule has 2 unspecified atom stereocenters. The molecule has 1 aliphatic carbocycles. The number of anilines is 1. The lowest BCUT2D eigenvalue weighted by molar-refractivity contribution is -0.674. The summed E-state index contributed by atoms with van der Waals surface area (Å²) in [5, 5.41) is 3.00. The van der Waals surface area contributed by atoms with Gasteiger partial charge in [-0.25, -0.2) is 0 Å². The molecule has 0 N–H and O–H groups in total. The van der Waals surface area contributed by atoms with E-state index in [0.29, 0.717) is 0 Å². The minimum atomic E-state index is 0.739. The van der Waals surface area contributed by atoms with Gasteiger partial charge in [-0.3, -0.25) is 0 Å². The van der Waals surface area contributed by atoms with Crippen LogP contribution >= 0.6 is 23.1 Å². The number of hydrogen-bond donors (Lipinski definition) is 0. The summed E-state index contributed by atoms with van der Waals surface area (Å²) in [5.41, 5.74) is 6.03. The fraction of sp³-hybridized carbons (Fsp3) is 0.292. The van der Waals surface area contributed by atoms with Crippen LogP contribution in [0.25, 0.3) is 15.8 Å². The summed E-state index contributed by atoms with van der Waals surface area (Å²) < 4.78 is 4.00. The molecule has 4 aliphatic rings. The Morgan fingerprint density at radius 1 is 0.964 bits per heavy atom. The maximum absolute atomic E-state index is 2.60. The van der Waals surface area contributed by atoms with Crippen LogP contribution in [0.3, 0.4) is 0 Å². The fourth-order valence-electron chi connectivity index (χ4n) is 5.53. The first-order chi connectivity index (χ1) is 13.9. The van der Waals surface area contributed by atoms with Gasteiger partial charge in [0.2, 0.25) is 5.52 Å². The summed E-state index contributed by atoms with van der Waals surface area (Å²) in [6.45, 7) is 2.35. The zero-order valence-corrected chi connectivity index (χ0v) is 17.2. The maximum atomic E-state index is 2.60. The Balaban J connectivity index is 1.42. The highest BCUT2D eigenvalue weighted by molar-refractivity contribution is 8.03. The van der Waals surface area contributed by atoms with Crippen LogP contribution in [-0.4, -0.2) is 6.54 Å². The quantitative estimate of drug-likeness (QED) is 0.437. The average molecular weight is 402 g/mol. The molecule has 0 amide bonds. The largest absolute Gasteiger partial charge is 0.335 e. The highest BCUT2D eigenvalue weighted by Gasteiger charge is 2.42. The molecule has 7 rings (SSSR count). The lowest BCUT2D eigenvalue weighted by atomic mass is 9.73. The van der Waals surface area contributed by atoms with Crippen LogP contribution in [0.1, 0.15) is 24.3 Å². The topological polar surface area (TPSA) is 7.12 Å². The van der Waals surface area contributed by atoms with Crippen LogP contribution in [0.4, 0.5) is 5.69 Å². The molecule has 3 aromatic rings. The third kappa shape index (κ3) is 2.08. The molecule has 138 valence electrons. The maximum Gasteiger partial charge on any atom is 0.266 e. The highest BCUT2D eigenvalue weighted by atomic mass is 32.2. The number of fused-ring (bicyclic) bond motifs is 9. The number of para-hydroxylation sites is 2. The molecule has 0 spiro atoms. The van der Waals surface area contributed by atoms with Crippen molar-refractivity contribution < 1.29 is 4.57 Å². The van der Waals surface area contributed by atoms with Crippen molar-refractivity contribution in [1.82, 2.24) is 0 Å². The zero-order valence-electron chi connectivity index (χ0n) is 15.6. The summed E-state index contributed by atoms with van der Waals surface area (Å²) in [6.07, 6.45) is 6.52. The first-order valence-electron chi connectivity index (χ1n) is 10.3. The van der Waals surface area contributed by atoms with Gasteiger partial charge in [-0.15, -0.1) is 0 Å². The first-order valence-corrected chi connectivity index (χ1v) is 11.9. The van der Waals surface area contributed by atoms with E-state index in [1.165, 1.54) is 63.2 Å². The number of benzene rings is 2. The molecule has 0 fully saturated rings. The van der Waals surface area contributed by atoms with E-state index < -0.39 is 0 Å². The molecular formula is C24H21N2S2+. The van der Waals surface area contributed by atoms with Gasteiger partial charge in [0.15, 0.2) is 6.54 Å². The van der Waals surface area contributed by atoms with Gasteiger partial charge in [-0.05, 0) is 54.5 Å².